The summed E-state index contributed by atoms with van der Waals surface area (Å²) in [5, 5.41) is 0.518. The fraction of sp³-hybridized carbons (Fsp3) is 0.200. The molecule has 2 heterocycles. The van der Waals surface area contributed by atoms with E-state index in [0.717, 1.165) is 6.42 Å². The first-order valence-corrected chi connectivity index (χ1v) is 9.03. The van der Waals surface area contributed by atoms with Crippen LogP contribution in [0.3, 0.4) is 0 Å². The number of hydrogen-bond acceptors (Lipinski definition) is 4. The van der Waals surface area contributed by atoms with E-state index in [9.17, 15) is 9.59 Å². The number of allylic oxidation sites excluding steroid dienone is 4. The third-order valence-corrected chi connectivity index (χ3v) is 4.54. The third kappa shape index (κ3) is 4.68. The largest absolute Gasteiger partial charge is 0.381 e. The Bertz CT molecular complexity index is 919. The summed E-state index contributed by atoms with van der Waals surface area (Å²) in [6, 6.07) is 3.09. The van der Waals surface area contributed by atoms with Gasteiger partial charge in [0.2, 0.25) is 0 Å². The maximum Gasteiger partial charge on any atom is 0.272 e. The Morgan fingerprint density at radius 2 is 2.23 bits per heavy atom. The lowest BCUT2D eigenvalue weighted by atomic mass is 10.2. The van der Waals surface area contributed by atoms with Gasteiger partial charge < -0.3 is 9.72 Å². The standard InChI is InChI=1S/C20H22N2O3S/c1-4-6-12-22(15(8-5-2)9-7-13-25-3)20(24)18-14-16-17(23)10-11-21-19(16)26-18/h5-12,14H,2,4,13H2,1,3H3,(H,21,23)/b9-7-,12-6-,15-8+. The monoisotopic (exact) mass is 370 g/mol. The Morgan fingerprint density at radius 3 is 2.88 bits per heavy atom. The summed E-state index contributed by atoms with van der Waals surface area (Å²) in [6.45, 7) is 6.15. The van der Waals surface area contributed by atoms with Crippen LogP contribution in [0.2, 0.25) is 0 Å². The fourth-order valence-corrected chi connectivity index (χ4v) is 3.25. The van der Waals surface area contributed by atoms with Crippen molar-refractivity contribution in [2.45, 2.75) is 13.3 Å². The molecule has 0 saturated carbocycles. The second-order valence-corrected chi connectivity index (χ2v) is 6.40. The van der Waals surface area contributed by atoms with Crippen molar-refractivity contribution in [3.8, 4) is 0 Å². The number of pyridine rings is 1. The first-order valence-electron chi connectivity index (χ1n) is 8.22. The SMILES string of the molecule is C=C/C=C(\C=C/COC)N(/C=C\CC)C(=O)c1cc2c(=O)cc[nH]c2s1. The Balaban J connectivity index is 2.46. The molecule has 0 aromatic carbocycles. The molecule has 1 amide bonds. The van der Waals surface area contributed by atoms with Crippen LogP contribution in [0, 0.1) is 0 Å². The van der Waals surface area contributed by atoms with E-state index < -0.39 is 0 Å². The van der Waals surface area contributed by atoms with Crippen LogP contribution < -0.4 is 5.43 Å². The molecule has 1 N–H and O–H groups in total. The van der Waals surface area contributed by atoms with E-state index >= 15 is 0 Å². The number of rotatable bonds is 8. The number of carbonyl (C=O) groups is 1. The van der Waals surface area contributed by atoms with Crippen molar-refractivity contribution >= 4 is 27.5 Å². The number of thiophene rings is 1. The number of H-pyrrole nitrogens is 1. The van der Waals surface area contributed by atoms with Crippen LogP contribution >= 0.6 is 11.3 Å². The third-order valence-electron chi connectivity index (χ3n) is 3.48. The van der Waals surface area contributed by atoms with E-state index in [2.05, 4.69) is 11.6 Å². The minimum atomic E-state index is -0.209. The number of aromatic amines is 1. The van der Waals surface area contributed by atoms with Crippen molar-refractivity contribution in [1.29, 1.82) is 0 Å². The number of nitrogens with one attached hydrogen (secondary N) is 1. The number of hydrogen-bond donors (Lipinski definition) is 1. The summed E-state index contributed by atoms with van der Waals surface area (Å²) < 4.78 is 5.03. The van der Waals surface area contributed by atoms with Crippen LogP contribution in [0.25, 0.3) is 10.2 Å². The number of ether oxygens (including phenoxy) is 1. The molecule has 2 aromatic rings. The molecule has 136 valence electrons. The summed E-state index contributed by atoms with van der Waals surface area (Å²) in [7, 11) is 1.61. The van der Waals surface area contributed by atoms with Gasteiger partial charge in [-0.15, -0.1) is 11.3 Å². The lowest BCUT2D eigenvalue weighted by Gasteiger charge is -2.19. The molecule has 0 fully saturated rings. The quantitative estimate of drug-likeness (QED) is 0.708. The highest BCUT2D eigenvalue weighted by atomic mass is 32.1. The van der Waals surface area contributed by atoms with Crippen LogP contribution in [0.5, 0.6) is 0 Å². The van der Waals surface area contributed by atoms with Gasteiger partial charge in [-0.3, -0.25) is 14.5 Å². The van der Waals surface area contributed by atoms with Gasteiger partial charge in [0, 0.05) is 31.3 Å². The van der Waals surface area contributed by atoms with Gasteiger partial charge in [0.25, 0.3) is 5.91 Å². The van der Waals surface area contributed by atoms with E-state index in [4.69, 9.17) is 4.74 Å². The molecule has 0 spiro atoms. The molecule has 0 aliphatic rings. The van der Waals surface area contributed by atoms with Crippen molar-refractivity contribution in [2.24, 2.45) is 0 Å². The van der Waals surface area contributed by atoms with E-state index in [1.165, 1.54) is 17.4 Å². The number of fused-ring (bicyclic) bond motifs is 1. The van der Waals surface area contributed by atoms with E-state index in [0.29, 0.717) is 27.4 Å². The summed E-state index contributed by atoms with van der Waals surface area (Å²) >= 11 is 1.26. The molecule has 5 nitrogen and oxygen atoms in total. The highest BCUT2D eigenvalue weighted by Gasteiger charge is 2.19. The summed E-state index contributed by atoms with van der Waals surface area (Å²) in [4.78, 5) is 30.8. The minimum Gasteiger partial charge on any atom is -0.381 e. The highest BCUT2D eigenvalue weighted by molar-refractivity contribution is 7.20. The Morgan fingerprint density at radius 1 is 1.42 bits per heavy atom. The molecule has 6 heteroatoms. The molecule has 0 radical (unpaired) electrons. The molecule has 0 aliphatic carbocycles. The van der Waals surface area contributed by atoms with E-state index in [-0.39, 0.29) is 11.3 Å². The van der Waals surface area contributed by atoms with Gasteiger partial charge in [0.05, 0.1) is 16.9 Å². The second kappa shape index (κ2) is 9.70. The molecule has 2 rings (SSSR count). The van der Waals surface area contributed by atoms with E-state index in [1.54, 1.807) is 42.6 Å². The molecule has 2 aromatic heterocycles. The van der Waals surface area contributed by atoms with Crippen molar-refractivity contribution in [3.05, 3.63) is 82.3 Å². The molecule has 0 aliphatic heterocycles. The number of amides is 1. The van der Waals surface area contributed by atoms with Gasteiger partial charge >= 0.3 is 0 Å². The fourth-order valence-electron chi connectivity index (χ4n) is 2.27. The zero-order valence-electron chi connectivity index (χ0n) is 14.9. The second-order valence-electron chi connectivity index (χ2n) is 5.35. The average molecular weight is 370 g/mol. The molecular weight excluding hydrogens is 348 g/mol. The summed E-state index contributed by atoms with van der Waals surface area (Å²) in [6.07, 6.45) is 13.0. The number of aromatic nitrogens is 1. The number of carbonyl (C=O) groups excluding carboxylic acids is 1. The molecule has 26 heavy (non-hydrogen) atoms. The van der Waals surface area contributed by atoms with Crippen LogP contribution in [0.15, 0.2) is 72.0 Å². The van der Waals surface area contributed by atoms with Crippen molar-refractivity contribution in [1.82, 2.24) is 9.88 Å². The molecule has 0 saturated heterocycles. The summed E-state index contributed by atoms with van der Waals surface area (Å²) in [5.41, 5.74) is 0.557. The van der Waals surface area contributed by atoms with Crippen LogP contribution in [0.1, 0.15) is 23.0 Å². The predicted octanol–water partition coefficient (Wildman–Crippen LogP) is 4.23. The Hall–Kier alpha value is -2.70. The van der Waals surface area contributed by atoms with Crippen LogP contribution in [-0.2, 0) is 4.74 Å². The van der Waals surface area contributed by atoms with Crippen LogP contribution in [-0.4, -0.2) is 29.5 Å². The smallest absolute Gasteiger partial charge is 0.272 e. The maximum atomic E-state index is 13.1. The number of nitrogens with zero attached hydrogens (tertiary/aromatic N) is 1. The summed E-state index contributed by atoms with van der Waals surface area (Å²) in [5.74, 6) is -0.209. The minimum absolute atomic E-state index is 0.105. The predicted molar refractivity (Wildman–Crippen MR) is 107 cm³/mol. The van der Waals surface area contributed by atoms with Gasteiger partial charge in [-0.05, 0) is 24.6 Å². The zero-order chi connectivity index (χ0) is 18.9. The number of methoxy groups -OCH3 is 1. The molecular formula is C20H22N2O3S. The van der Waals surface area contributed by atoms with Gasteiger partial charge in [0.15, 0.2) is 5.43 Å². The van der Waals surface area contributed by atoms with Crippen molar-refractivity contribution < 1.29 is 9.53 Å². The van der Waals surface area contributed by atoms with Crippen LogP contribution in [0.4, 0.5) is 0 Å². The average Bonchev–Trinajstić information content (AvgIpc) is 3.07. The first-order chi connectivity index (χ1) is 12.6. The van der Waals surface area contributed by atoms with E-state index in [1.807, 2.05) is 25.2 Å². The van der Waals surface area contributed by atoms with Gasteiger partial charge in [0.1, 0.15) is 4.83 Å². The lowest BCUT2D eigenvalue weighted by molar-refractivity contribution is 0.0865. The van der Waals surface area contributed by atoms with Gasteiger partial charge in [-0.1, -0.05) is 31.7 Å². The Labute approximate surface area is 156 Å². The normalized spacial score (nSPS) is 12.3. The maximum absolute atomic E-state index is 13.1. The topological polar surface area (TPSA) is 62.4 Å². The highest BCUT2D eigenvalue weighted by Crippen LogP contribution is 2.24. The lowest BCUT2D eigenvalue weighted by Crippen LogP contribution is -2.23. The molecule has 0 bridgehead atoms. The first kappa shape index (κ1) is 19.6. The van der Waals surface area contributed by atoms with Crippen molar-refractivity contribution in [2.75, 3.05) is 13.7 Å². The van der Waals surface area contributed by atoms with Gasteiger partial charge in [-0.25, -0.2) is 0 Å². The van der Waals surface area contributed by atoms with Crippen molar-refractivity contribution in [3.63, 3.8) is 0 Å². The molecule has 0 unspecified atom stereocenters. The molecule has 0 atom stereocenters. The zero-order valence-corrected chi connectivity index (χ0v) is 15.7. The Kier molecular flexibility index (Phi) is 7.32. The van der Waals surface area contributed by atoms with Gasteiger partial charge in [-0.2, -0.15) is 0 Å².